The van der Waals surface area contributed by atoms with Crippen LogP contribution in [0.15, 0.2) is 35.1 Å². The maximum atomic E-state index is 12.8. The molecule has 1 fully saturated rings. The van der Waals surface area contributed by atoms with Gasteiger partial charge in [0.05, 0.1) is 18.7 Å². The number of carbonyl (C=O) groups excluding carboxylic acids is 1. The van der Waals surface area contributed by atoms with Gasteiger partial charge in [-0.2, -0.15) is 5.10 Å². The largest absolute Gasteiger partial charge is 0.495 e. The predicted octanol–water partition coefficient (Wildman–Crippen LogP) is 1.95. The normalized spacial score (nSPS) is 17.0. The molecule has 0 bridgehead atoms. The Kier molecular flexibility index (Phi) is 5.25. The first-order valence-corrected chi connectivity index (χ1v) is 8.72. The minimum atomic E-state index is -0.147. The van der Waals surface area contributed by atoms with Gasteiger partial charge in [0.2, 0.25) is 5.91 Å². The van der Waals surface area contributed by atoms with Crippen molar-refractivity contribution in [2.24, 2.45) is 13.0 Å². The van der Waals surface area contributed by atoms with Crippen LogP contribution >= 0.6 is 0 Å². The van der Waals surface area contributed by atoms with Crippen molar-refractivity contribution in [2.45, 2.75) is 19.8 Å². The molecule has 7 heteroatoms. The van der Waals surface area contributed by atoms with Crippen LogP contribution in [0.1, 0.15) is 18.4 Å². The van der Waals surface area contributed by atoms with Crippen LogP contribution < -0.4 is 20.5 Å². The molecule has 0 radical (unpaired) electrons. The molecule has 0 spiro atoms. The zero-order valence-corrected chi connectivity index (χ0v) is 15.4. The second kappa shape index (κ2) is 7.59. The molecule has 2 aromatic rings. The number of aryl methyl sites for hydroxylation is 2. The summed E-state index contributed by atoms with van der Waals surface area (Å²) in [6.45, 7) is 3.37. The Hall–Kier alpha value is -2.83. The molecule has 7 nitrogen and oxygen atoms in total. The quantitative estimate of drug-likeness (QED) is 0.906. The second-order valence-electron chi connectivity index (χ2n) is 6.63. The van der Waals surface area contributed by atoms with Crippen molar-refractivity contribution >= 4 is 17.4 Å². The lowest BCUT2D eigenvalue weighted by Gasteiger charge is -2.32. The monoisotopic (exact) mass is 356 g/mol. The van der Waals surface area contributed by atoms with Crippen molar-refractivity contribution < 1.29 is 9.53 Å². The molecule has 1 saturated heterocycles. The number of nitrogens with zero attached hydrogens (tertiary/aromatic N) is 3. The lowest BCUT2D eigenvalue weighted by molar-refractivity contribution is -0.120. The number of hydrogen-bond donors (Lipinski definition) is 1. The Morgan fingerprint density at radius 2 is 2.12 bits per heavy atom. The highest BCUT2D eigenvalue weighted by Crippen LogP contribution is 2.27. The van der Waals surface area contributed by atoms with E-state index in [1.165, 1.54) is 10.7 Å². The molecular formula is C19H24N4O3. The van der Waals surface area contributed by atoms with Gasteiger partial charge in [-0.1, -0.05) is 6.07 Å². The number of aromatic nitrogens is 2. The minimum Gasteiger partial charge on any atom is -0.495 e. The van der Waals surface area contributed by atoms with E-state index < -0.39 is 0 Å². The van der Waals surface area contributed by atoms with E-state index in [1.54, 1.807) is 20.2 Å². The average molecular weight is 356 g/mol. The molecule has 0 saturated carbocycles. The zero-order valence-electron chi connectivity index (χ0n) is 15.4. The van der Waals surface area contributed by atoms with Gasteiger partial charge in [0.15, 0.2) is 0 Å². The molecule has 1 aliphatic heterocycles. The third kappa shape index (κ3) is 3.87. The van der Waals surface area contributed by atoms with Gasteiger partial charge in [-0.05, 0) is 43.5 Å². The number of hydrogen-bond acceptors (Lipinski definition) is 5. The third-order valence-electron chi connectivity index (χ3n) is 4.68. The van der Waals surface area contributed by atoms with Crippen LogP contribution in [-0.2, 0) is 11.8 Å². The average Bonchev–Trinajstić information content (AvgIpc) is 2.64. The zero-order chi connectivity index (χ0) is 18.7. The van der Waals surface area contributed by atoms with Crippen molar-refractivity contribution in [3.63, 3.8) is 0 Å². The number of nitrogens with one attached hydrogen (secondary N) is 1. The maximum Gasteiger partial charge on any atom is 0.266 e. The Morgan fingerprint density at radius 3 is 2.85 bits per heavy atom. The topological polar surface area (TPSA) is 76.5 Å². The number of anilines is 2. The SMILES string of the molecule is COc1ccc(C)cc1NC(=O)C1CCCN(c2ccc(=O)n(C)n2)C1. The van der Waals surface area contributed by atoms with E-state index in [0.29, 0.717) is 18.0 Å². The molecule has 0 aliphatic carbocycles. The number of amides is 1. The van der Waals surface area contributed by atoms with E-state index in [1.807, 2.05) is 25.1 Å². The molecule has 1 N–H and O–H groups in total. The van der Waals surface area contributed by atoms with E-state index in [2.05, 4.69) is 15.3 Å². The smallest absolute Gasteiger partial charge is 0.266 e. The van der Waals surface area contributed by atoms with Crippen LogP contribution in [0.25, 0.3) is 0 Å². The van der Waals surface area contributed by atoms with E-state index in [-0.39, 0.29) is 17.4 Å². The first kappa shape index (κ1) is 18.0. The second-order valence-corrected chi connectivity index (χ2v) is 6.63. The van der Waals surface area contributed by atoms with Crippen molar-refractivity contribution in [3.05, 3.63) is 46.2 Å². The van der Waals surface area contributed by atoms with E-state index >= 15 is 0 Å². The first-order chi connectivity index (χ1) is 12.5. The molecule has 1 amide bonds. The van der Waals surface area contributed by atoms with Gasteiger partial charge >= 0.3 is 0 Å². The number of carbonyl (C=O) groups is 1. The van der Waals surface area contributed by atoms with Gasteiger partial charge in [0, 0.05) is 26.2 Å². The van der Waals surface area contributed by atoms with Gasteiger partial charge in [0.1, 0.15) is 11.6 Å². The molecule has 1 unspecified atom stereocenters. The van der Waals surface area contributed by atoms with Gasteiger partial charge in [-0.25, -0.2) is 4.68 Å². The lowest BCUT2D eigenvalue weighted by atomic mass is 9.97. The summed E-state index contributed by atoms with van der Waals surface area (Å²) in [5, 5.41) is 7.29. The molecule has 1 aliphatic rings. The molecule has 2 heterocycles. The summed E-state index contributed by atoms with van der Waals surface area (Å²) < 4.78 is 6.65. The highest BCUT2D eigenvalue weighted by atomic mass is 16.5. The van der Waals surface area contributed by atoms with E-state index in [4.69, 9.17) is 4.74 Å². The molecule has 1 aromatic heterocycles. The van der Waals surface area contributed by atoms with Gasteiger partial charge in [0.25, 0.3) is 5.56 Å². The Balaban J connectivity index is 1.73. The number of ether oxygens (including phenoxy) is 1. The minimum absolute atomic E-state index is 0.0246. The summed E-state index contributed by atoms with van der Waals surface area (Å²) >= 11 is 0. The summed E-state index contributed by atoms with van der Waals surface area (Å²) in [4.78, 5) is 26.4. The van der Waals surface area contributed by atoms with Crippen LogP contribution in [0.5, 0.6) is 5.75 Å². The summed E-state index contributed by atoms with van der Waals surface area (Å²) in [5.74, 6) is 1.20. The van der Waals surface area contributed by atoms with Crippen molar-refractivity contribution in [1.82, 2.24) is 9.78 Å². The van der Waals surface area contributed by atoms with Gasteiger partial charge < -0.3 is 15.0 Å². The van der Waals surface area contributed by atoms with Crippen molar-refractivity contribution in [3.8, 4) is 5.75 Å². The van der Waals surface area contributed by atoms with E-state index in [9.17, 15) is 9.59 Å². The van der Waals surface area contributed by atoms with Gasteiger partial charge in [-0.15, -0.1) is 0 Å². The third-order valence-corrected chi connectivity index (χ3v) is 4.68. The Morgan fingerprint density at radius 1 is 1.31 bits per heavy atom. The summed E-state index contributed by atoms with van der Waals surface area (Å²) in [7, 11) is 3.22. The Bertz CT molecular complexity index is 862. The van der Waals surface area contributed by atoms with Crippen molar-refractivity contribution in [2.75, 3.05) is 30.4 Å². The van der Waals surface area contributed by atoms with Crippen LogP contribution in [0.2, 0.25) is 0 Å². The standard InChI is InChI=1S/C19H24N4O3/c1-13-6-7-16(26-3)15(11-13)20-19(25)14-5-4-10-23(12-14)17-8-9-18(24)22(2)21-17/h6-9,11,14H,4-5,10,12H2,1-3H3,(H,20,25). The lowest BCUT2D eigenvalue weighted by Crippen LogP contribution is -2.41. The van der Waals surface area contributed by atoms with Crippen LogP contribution in [0.3, 0.4) is 0 Å². The van der Waals surface area contributed by atoms with Crippen LogP contribution in [0.4, 0.5) is 11.5 Å². The summed E-state index contributed by atoms with van der Waals surface area (Å²) in [6, 6.07) is 8.93. The van der Waals surface area contributed by atoms with E-state index in [0.717, 1.165) is 30.8 Å². The summed E-state index contributed by atoms with van der Waals surface area (Å²) in [6.07, 6.45) is 1.72. The molecule has 3 rings (SSSR count). The van der Waals surface area contributed by atoms with Crippen LogP contribution in [0, 0.1) is 12.8 Å². The van der Waals surface area contributed by atoms with Crippen molar-refractivity contribution in [1.29, 1.82) is 0 Å². The highest BCUT2D eigenvalue weighted by molar-refractivity contribution is 5.94. The number of methoxy groups -OCH3 is 1. The van der Waals surface area contributed by atoms with Gasteiger partial charge in [-0.3, -0.25) is 9.59 Å². The fourth-order valence-corrected chi connectivity index (χ4v) is 3.21. The Labute approximate surface area is 152 Å². The molecule has 1 aromatic carbocycles. The fourth-order valence-electron chi connectivity index (χ4n) is 3.21. The number of piperidine rings is 1. The number of rotatable bonds is 4. The van der Waals surface area contributed by atoms with Crippen LogP contribution in [-0.4, -0.2) is 35.9 Å². The fraction of sp³-hybridized carbons (Fsp3) is 0.421. The molecule has 1 atom stereocenters. The molecule has 26 heavy (non-hydrogen) atoms. The molecular weight excluding hydrogens is 332 g/mol. The maximum absolute atomic E-state index is 12.8. The first-order valence-electron chi connectivity index (χ1n) is 8.72. The molecule has 138 valence electrons. The highest BCUT2D eigenvalue weighted by Gasteiger charge is 2.27. The summed E-state index contributed by atoms with van der Waals surface area (Å²) in [5.41, 5.74) is 1.60. The number of benzene rings is 1. The predicted molar refractivity (Wildman–Crippen MR) is 101 cm³/mol.